The molecule has 1 atom stereocenters. The molecule has 1 aliphatic rings. The standard InChI is InChI=1S/C11H12N2O/c1-8(14)10-7-12-13-11(10)9-5-3-2-4-6-9/h2-7,11-13H,1H3. The zero-order chi connectivity index (χ0) is 9.97. The molecule has 14 heavy (non-hydrogen) atoms. The second kappa shape index (κ2) is 3.64. The van der Waals surface area contributed by atoms with Crippen LogP contribution in [0, 0.1) is 0 Å². The average molecular weight is 188 g/mol. The van der Waals surface area contributed by atoms with Crippen LogP contribution in [0.15, 0.2) is 42.1 Å². The molecule has 2 N–H and O–H groups in total. The van der Waals surface area contributed by atoms with Crippen molar-refractivity contribution in [1.82, 2.24) is 10.9 Å². The first-order valence-electron chi connectivity index (χ1n) is 4.56. The molecule has 3 heteroatoms. The van der Waals surface area contributed by atoms with Crippen molar-refractivity contribution in [3.8, 4) is 0 Å². The molecule has 2 rings (SSSR count). The summed E-state index contributed by atoms with van der Waals surface area (Å²) in [7, 11) is 0. The minimum Gasteiger partial charge on any atom is -0.327 e. The van der Waals surface area contributed by atoms with Crippen molar-refractivity contribution < 1.29 is 4.79 Å². The van der Waals surface area contributed by atoms with E-state index in [1.54, 1.807) is 13.1 Å². The van der Waals surface area contributed by atoms with Gasteiger partial charge in [-0.3, -0.25) is 4.79 Å². The van der Waals surface area contributed by atoms with E-state index in [0.29, 0.717) is 0 Å². The molecule has 0 fully saturated rings. The molecule has 0 spiro atoms. The molecule has 1 aromatic rings. The molecule has 1 unspecified atom stereocenters. The number of nitrogens with one attached hydrogen (secondary N) is 2. The van der Waals surface area contributed by atoms with Gasteiger partial charge in [-0.05, 0) is 12.5 Å². The fourth-order valence-electron chi connectivity index (χ4n) is 1.58. The second-order valence-corrected chi connectivity index (χ2v) is 3.29. The molecule has 72 valence electrons. The van der Waals surface area contributed by atoms with Gasteiger partial charge in [0.2, 0.25) is 0 Å². The fourth-order valence-corrected chi connectivity index (χ4v) is 1.58. The zero-order valence-corrected chi connectivity index (χ0v) is 7.95. The molecule has 0 bridgehead atoms. The third kappa shape index (κ3) is 1.54. The normalized spacial score (nSPS) is 20.1. The van der Waals surface area contributed by atoms with Crippen molar-refractivity contribution in [2.24, 2.45) is 0 Å². The second-order valence-electron chi connectivity index (χ2n) is 3.29. The van der Waals surface area contributed by atoms with E-state index < -0.39 is 0 Å². The highest BCUT2D eigenvalue weighted by molar-refractivity contribution is 5.95. The van der Waals surface area contributed by atoms with Crippen LogP contribution in [-0.4, -0.2) is 5.78 Å². The highest BCUT2D eigenvalue weighted by atomic mass is 16.1. The highest BCUT2D eigenvalue weighted by Crippen LogP contribution is 2.23. The molecular formula is C11H12N2O. The van der Waals surface area contributed by atoms with E-state index in [1.807, 2.05) is 30.3 Å². The third-order valence-corrected chi connectivity index (χ3v) is 2.31. The van der Waals surface area contributed by atoms with E-state index in [9.17, 15) is 4.79 Å². The first-order chi connectivity index (χ1) is 6.79. The van der Waals surface area contributed by atoms with Gasteiger partial charge >= 0.3 is 0 Å². The van der Waals surface area contributed by atoms with Crippen molar-refractivity contribution >= 4 is 5.78 Å². The number of benzene rings is 1. The van der Waals surface area contributed by atoms with Crippen LogP contribution >= 0.6 is 0 Å². The minimum atomic E-state index is -0.0197. The Morgan fingerprint density at radius 3 is 2.64 bits per heavy atom. The SMILES string of the molecule is CC(=O)C1=CNNC1c1ccccc1. The first-order valence-corrected chi connectivity index (χ1v) is 4.56. The Balaban J connectivity index is 2.29. The van der Waals surface area contributed by atoms with Crippen LogP contribution in [0.25, 0.3) is 0 Å². The molecule has 1 aliphatic heterocycles. The number of hydrogen-bond acceptors (Lipinski definition) is 3. The number of hydrogen-bond donors (Lipinski definition) is 2. The Labute approximate surface area is 82.8 Å². The number of Topliss-reactive ketones (excluding diaryl/α,β-unsaturated/α-hetero) is 1. The summed E-state index contributed by atoms with van der Waals surface area (Å²) in [4.78, 5) is 11.3. The summed E-state index contributed by atoms with van der Waals surface area (Å²) in [6.07, 6.45) is 1.72. The Bertz CT molecular complexity index is 370. The van der Waals surface area contributed by atoms with Crippen LogP contribution in [0.1, 0.15) is 18.5 Å². The van der Waals surface area contributed by atoms with E-state index in [1.165, 1.54) is 0 Å². The summed E-state index contributed by atoms with van der Waals surface area (Å²) < 4.78 is 0. The molecule has 0 aliphatic carbocycles. The van der Waals surface area contributed by atoms with Crippen LogP contribution in [0.4, 0.5) is 0 Å². The maximum absolute atomic E-state index is 11.3. The van der Waals surface area contributed by atoms with Gasteiger partial charge in [-0.15, -0.1) is 0 Å². The number of carbonyl (C=O) groups excluding carboxylic acids is 1. The van der Waals surface area contributed by atoms with Crippen molar-refractivity contribution in [2.45, 2.75) is 13.0 Å². The Kier molecular flexibility index (Phi) is 2.33. The van der Waals surface area contributed by atoms with E-state index in [2.05, 4.69) is 10.9 Å². The number of rotatable bonds is 2. The van der Waals surface area contributed by atoms with Gasteiger partial charge in [-0.2, -0.15) is 0 Å². The lowest BCUT2D eigenvalue weighted by Gasteiger charge is -2.12. The fraction of sp³-hybridized carbons (Fsp3) is 0.182. The third-order valence-electron chi connectivity index (χ3n) is 2.31. The van der Waals surface area contributed by atoms with Gasteiger partial charge < -0.3 is 5.43 Å². The molecule has 1 heterocycles. The molecule has 0 aromatic heterocycles. The summed E-state index contributed by atoms with van der Waals surface area (Å²) in [5.74, 6) is 0.0938. The van der Waals surface area contributed by atoms with Crippen molar-refractivity contribution in [3.05, 3.63) is 47.7 Å². The summed E-state index contributed by atoms with van der Waals surface area (Å²) in [6, 6.07) is 9.88. The van der Waals surface area contributed by atoms with Crippen molar-refractivity contribution in [2.75, 3.05) is 0 Å². The summed E-state index contributed by atoms with van der Waals surface area (Å²) in [5.41, 5.74) is 7.78. The topological polar surface area (TPSA) is 41.1 Å². The van der Waals surface area contributed by atoms with E-state index in [0.717, 1.165) is 11.1 Å². The number of hydrazine groups is 1. The van der Waals surface area contributed by atoms with Gasteiger partial charge in [0.25, 0.3) is 0 Å². The van der Waals surface area contributed by atoms with E-state index in [4.69, 9.17) is 0 Å². The summed E-state index contributed by atoms with van der Waals surface area (Å²) in [5, 5.41) is 0. The van der Waals surface area contributed by atoms with Crippen LogP contribution in [-0.2, 0) is 4.79 Å². The van der Waals surface area contributed by atoms with Crippen LogP contribution in [0.5, 0.6) is 0 Å². The van der Waals surface area contributed by atoms with Crippen LogP contribution < -0.4 is 10.9 Å². The smallest absolute Gasteiger partial charge is 0.159 e. The lowest BCUT2D eigenvalue weighted by atomic mass is 9.98. The number of ketones is 1. The molecule has 1 aromatic carbocycles. The van der Waals surface area contributed by atoms with E-state index >= 15 is 0 Å². The predicted molar refractivity (Wildman–Crippen MR) is 54.2 cm³/mol. The van der Waals surface area contributed by atoms with Crippen LogP contribution in [0.2, 0.25) is 0 Å². The minimum absolute atomic E-state index is 0.0197. The summed E-state index contributed by atoms with van der Waals surface area (Å²) >= 11 is 0. The lowest BCUT2D eigenvalue weighted by Crippen LogP contribution is -2.25. The molecule has 0 radical (unpaired) electrons. The largest absolute Gasteiger partial charge is 0.327 e. The molecule has 3 nitrogen and oxygen atoms in total. The maximum atomic E-state index is 11.3. The highest BCUT2D eigenvalue weighted by Gasteiger charge is 2.23. The average Bonchev–Trinajstić information content (AvgIpc) is 2.67. The van der Waals surface area contributed by atoms with E-state index in [-0.39, 0.29) is 11.8 Å². The maximum Gasteiger partial charge on any atom is 0.159 e. The van der Waals surface area contributed by atoms with Gasteiger partial charge in [0.15, 0.2) is 5.78 Å². The van der Waals surface area contributed by atoms with Gasteiger partial charge in [0.05, 0.1) is 6.04 Å². The first kappa shape index (κ1) is 8.97. The number of carbonyl (C=O) groups is 1. The monoisotopic (exact) mass is 188 g/mol. The lowest BCUT2D eigenvalue weighted by molar-refractivity contribution is -0.113. The summed E-state index contributed by atoms with van der Waals surface area (Å²) in [6.45, 7) is 1.58. The van der Waals surface area contributed by atoms with Crippen LogP contribution in [0.3, 0.4) is 0 Å². The van der Waals surface area contributed by atoms with Crippen molar-refractivity contribution in [1.29, 1.82) is 0 Å². The Morgan fingerprint density at radius 2 is 2.00 bits per heavy atom. The molecule has 0 saturated carbocycles. The Hall–Kier alpha value is -1.61. The quantitative estimate of drug-likeness (QED) is 0.735. The van der Waals surface area contributed by atoms with Gasteiger partial charge in [0.1, 0.15) is 0 Å². The molecule has 0 amide bonds. The van der Waals surface area contributed by atoms with Gasteiger partial charge in [-0.25, -0.2) is 5.43 Å². The van der Waals surface area contributed by atoms with Crippen molar-refractivity contribution in [3.63, 3.8) is 0 Å². The molecular weight excluding hydrogens is 176 g/mol. The van der Waals surface area contributed by atoms with Gasteiger partial charge in [-0.1, -0.05) is 30.3 Å². The zero-order valence-electron chi connectivity index (χ0n) is 7.95. The Morgan fingerprint density at radius 1 is 1.29 bits per heavy atom. The van der Waals surface area contributed by atoms with Gasteiger partial charge in [0, 0.05) is 11.8 Å². The molecule has 0 saturated heterocycles. The predicted octanol–water partition coefficient (Wildman–Crippen LogP) is 1.31.